The largest absolute Gasteiger partial charge is 0.350 e. The summed E-state index contributed by atoms with van der Waals surface area (Å²) in [5.74, 6) is 0. The van der Waals surface area contributed by atoms with Gasteiger partial charge in [0.1, 0.15) is 0 Å². The summed E-state index contributed by atoms with van der Waals surface area (Å²) in [7, 11) is 6.36. The van der Waals surface area contributed by atoms with Gasteiger partial charge in [-0.15, -0.1) is 0 Å². The molecule has 86 valence electrons. The smallest absolute Gasteiger partial charge is 0.0480 e. The molecule has 0 saturated carbocycles. The number of hydrogen-bond acceptors (Lipinski definition) is 1. The molecular formula is C14H20N2. The molecule has 2 nitrogen and oxygen atoms in total. The van der Waals surface area contributed by atoms with Crippen LogP contribution in [0.15, 0.2) is 24.4 Å². The van der Waals surface area contributed by atoms with Crippen LogP contribution >= 0.6 is 0 Å². The second-order valence-electron chi connectivity index (χ2n) is 4.84. The van der Waals surface area contributed by atoms with Gasteiger partial charge in [-0.05, 0) is 45.1 Å². The minimum atomic E-state index is 1.10. The molecule has 2 rings (SSSR count). The quantitative estimate of drug-likeness (QED) is 0.765. The Kier molecular flexibility index (Phi) is 3.01. The van der Waals surface area contributed by atoms with Crippen molar-refractivity contribution in [1.82, 2.24) is 9.47 Å². The number of benzene rings is 1. The molecule has 1 heterocycles. The maximum atomic E-state index is 2.29. The van der Waals surface area contributed by atoms with Crippen LogP contribution in [0.2, 0.25) is 0 Å². The summed E-state index contributed by atoms with van der Waals surface area (Å²) in [6.07, 6.45) is 3.38. The summed E-state index contributed by atoms with van der Waals surface area (Å²) in [5.41, 5.74) is 4.12. The lowest BCUT2D eigenvalue weighted by molar-refractivity contribution is 0.414. The van der Waals surface area contributed by atoms with Crippen molar-refractivity contribution >= 4 is 10.9 Å². The Morgan fingerprint density at radius 2 is 2.00 bits per heavy atom. The van der Waals surface area contributed by atoms with E-state index in [-0.39, 0.29) is 0 Å². The SMILES string of the molecule is Cc1ccc2c(c1)c(CCN(C)C)cn2C. The summed E-state index contributed by atoms with van der Waals surface area (Å²) >= 11 is 0. The number of aryl methyl sites for hydroxylation is 2. The first-order valence-electron chi connectivity index (χ1n) is 5.77. The molecule has 0 aliphatic carbocycles. The Balaban J connectivity index is 2.41. The maximum absolute atomic E-state index is 2.29. The molecule has 2 aromatic rings. The Morgan fingerprint density at radius 1 is 1.25 bits per heavy atom. The normalized spacial score (nSPS) is 11.6. The Labute approximate surface area is 97.5 Å². The van der Waals surface area contributed by atoms with Crippen molar-refractivity contribution in [1.29, 1.82) is 0 Å². The fourth-order valence-electron chi connectivity index (χ4n) is 2.13. The average Bonchev–Trinajstić information content (AvgIpc) is 2.52. The van der Waals surface area contributed by atoms with E-state index in [1.807, 2.05) is 0 Å². The summed E-state index contributed by atoms with van der Waals surface area (Å²) in [5, 5.41) is 1.41. The van der Waals surface area contributed by atoms with Gasteiger partial charge in [0.15, 0.2) is 0 Å². The van der Waals surface area contributed by atoms with Crippen molar-refractivity contribution in [3.63, 3.8) is 0 Å². The van der Waals surface area contributed by atoms with Gasteiger partial charge in [0.2, 0.25) is 0 Å². The molecule has 1 aromatic carbocycles. The van der Waals surface area contributed by atoms with Crippen molar-refractivity contribution in [3.05, 3.63) is 35.5 Å². The van der Waals surface area contributed by atoms with Crippen molar-refractivity contribution in [2.24, 2.45) is 7.05 Å². The van der Waals surface area contributed by atoms with Crippen molar-refractivity contribution in [2.75, 3.05) is 20.6 Å². The number of fused-ring (bicyclic) bond motifs is 1. The molecule has 0 N–H and O–H groups in total. The van der Waals surface area contributed by atoms with Crippen LogP contribution in [0, 0.1) is 6.92 Å². The van der Waals surface area contributed by atoms with Gasteiger partial charge in [-0.2, -0.15) is 0 Å². The van der Waals surface area contributed by atoms with Crippen LogP contribution in [0.4, 0.5) is 0 Å². The first-order chi connectivity index (χ1) is 7.58. The van der Waals surface area contributed by atoms with E-state index in [0.717, 1.165) is 13.0 Å². The van der Waals surface area contributed by atoms with Gasteiger partial charge in [0, 0.05) is 30.7 Å². The van der Waals surface area contributed by atoms with Crippen LogP contribution in [0.25, 0.3) is 10.9 Å². The van der Waals surface area contributed by atoms with E-state index in [0.29, 0.717) is 0 Å². The van der Waals surface area contributed by atoms with Gasteiger partial charge in [0.25, 0.3) is 0 Å². The third-order valence-electron chi connectivity index (χ3n) is 3.06. The molecule has 0 amide bonds. The predicted octanol–water partition coefficient (Wildman–Crippen LogP) is 2.59. The zero-order chi connectivity index (χ0) is 11.7. The van der Waals surface area contributed by atoms with Crippen molar-refractivity contribution < 1.29 is 0 Å². The summed E-state index contributed by atoms with van der Waals surface area (Å²) < 4.78 is 2.22. The summed E-state index contributed by atoms with van der Waals surface area (Å²) in [4.78, 5) is 2.23. The summed E-state index contributed by atoms with van der Waals surface area (Å²) in [6, 6.07) is 6.68. The van der Waals surface area contributed by atoms with Crippen molar-refractivity contribution in [2.45, 2.75) is 13.3 Å². The average molecular weight is 216 g/mol. The van der Waals surface area contributed by atoms with Gasteiger partial charge in [0.05, 0.1) is 0 Å². The highest BCUT2D eigenvalue weighted by Crippen LogP contribution is 2.22. The lowest BCUT2D eigenvalue weighted by atomic mass is 10.1. The topological polar surface area (TPSA) is 8.17 Å². The van der Waals surface area contributed by atoms with E-state index in [4.69, 9.17) is 0 Å². The second kappa shape index (κ2) is 4.30. The van der Waals surface area contributed by atoms with E-state index in [1.165, 1.54) is 22.0 Å². The van der Waals surface area contributed by atoms with E-state index in [2.05, 4.69) is 61.9 Å². The third kappa shape index (κ3) is 2.12. The van der Waals surface area contributed by atoms with E-state index < -0.39 is 0 Å². The van der Waals surface area contributed by atoms with Gasteiger partial charge >= 0.3 is 0 Å². The number of rotatable bonds is 3. The molecule has 0 radical (unpaired) electrons. The molecule has 0 bridgehead atoms. The lowest BCUT2D eigenvalue weighted by Crippen LogP contribution is -2.14. The fourth-order valence-corrected chi connectivity index (χ4v) is 2.13. The highest BCUT2D eigenvalue weighted by Gasteiger charge is 2.06. The molecule has 0 saturated heterocycles. The molecule has 16 heavy (non-hydrogen) atoms. The van der Waals surface area contributed by atoms with Gasteiger partial charge < -0.3 is 9.47 Å². The molecule has 2 heteroatoms. The molecule has 0 aliphatic heterocycles. The molecule has 1 aromatic heterocycles. The number of nitrogens with zero attached hydrogens (tertiary/aromatic N) is 2. The highest BCUT2D eigenvalue weighted by molar-refractivity contribution is 5.84. The summed E-state index contributed by atoms with van der Waals surface area (Å²) in [6.45, 7) is 3.26. The van der Waals surface area contributed by atoms with Gasteiger partial charge in [-0.25, -0.2) is 0 Å². The maximum Gasteiger partial charge on any atom is 0.0480 e. The third-order valence-corrected chi connectivity index (χ3v) is 3.06. The molecular weight excluding hydrogens is 196 g/mol. The number of hydrogen-bond donors (Lipinski definition) is 0. The molecule has 0 atom stereocenters. The van der Waals surface area contributed by atoms with Crippen LogP contribution in [0.3, 0.4) is 0 Å². The van der Waals surface area contributed by atoms with E-state index in [9.17, 15) is 0 Å². The molecule has 0 aliphatic rings. The standard InChI is InChI=1S/C14H20N2/c1-11-5-6-14-13(9-11)12(10-16(14)4)7-8-15(2)3/h5-6,9-10H,7-8H2,1-4H3. The Bertz CT molecular complexity index is 495. The van der Waals surface area contributed by atoms with Crippen LogP contribution in [-0.4, -0.2) is 30.1 Å². The molecule has 0 unspecified atom stereocenters. The van der Waals surface area contributed by atoms with Crippen LogP contribution < -0.4 is 0 Å². The van der Waals surface area contributed by atoms with Crippen molar-refractivity contribution in [3.8, 4) is 0 Å². The lowest BCUT2D eigenvalue weighted by Gasteiger charge is -2.08. The second-order valence-corrected chi connectivity index (χ2v) is 4.84. The van der Waals surface area contributed by atoms with Crippen LogP contribution in [-0.2, 0) is 13.5 Å². The molecule has 0 fully saturated rings. The molecule has 0 spiro atoms. The number of likely N-dealkylation sites (N-methyl/N-ethyl adjacent to an activating group) is 1. The zero-order valence-electron chi connectivity index (χ0n) is 10.6. The first-order valence-corrected chi connectivity index (χ1v) is 5.77. The Morgan fingerprint density at radius 3 is 2.69 bits per heavy atom. The fraction of sp³-hybridized carbons (Fsp3) is 0.429. The number of aromatic nitrogens is 1. The minimum Gasteiger partial charge on any atom is -0.350 e. The highest BCUT2D eigenvalue weighted by atomic mass is 15.0. The first kappa shape index (κ1) is 11.2. The van der Waals surface area contributed by atoms with Crippen LogP contribution in [0.5, 0.6) is 0 Å². The Hall–Kier alpha value is -1.28. The minimum absolute atomic E-state index is 1.10. The van der Waals surface area contributed by atoms with E-state index >= 15 is 0 Å². The van der Waals surface area contributed by atoms with Gasteiger partial charge in [-0.1, -0.05) is 11.6 Å². The van der Waals surface area contributed by atoms with E-state index in [1.54, 1.807) is 0 Å². The monoisotopic (exact) mass is 216 g/mol. The zero-order valence-corrected chi connectivity index (χ0v) is 10.6. The van der Waals surface area contributed by atoms with Gasteiger partial charge in [-0.3, -0.25) is 0 Å². The predicted molar refractivity (Wildman–Crippen MR) is 69.9 cm³/mol. The van der Waals surface area contributed by atoms with Crippen LogP contribution in [0.1, 0.15) is 11.1 Å².